The third kappa shape index (κ3) is 3.43. The highest BCUT2D eigenvalue weighted by atomic mass is 35.5. The molecule has 0 unspecified atom stereocenters. The molecule has 3 heterocycles. The van der Waals surface area contributed by atoms with E-state index in [9.17, 15) is 0 Å². The maximum atomic E-state index is 5.46. The van der Waals surface area contributed by atoms with E-state index >= 15 is 0 Å². The number of hydrogen-bond donors (Lipinski definition) is 1. The van der Waals surface area contributed by atoms with Crippen LogP contribution in [0.5, 0.6) is 0 Å². The van der Waals surface area contributed by atoms with Gasteiger partial charge >= 0.3 is 0 Å². The van der Waals surface area contributed by atoms with E-state index in [0.717, 1.165) is 34.5 Å². The second kappa shape index (κ2) is 7.09. The van der Waals surface area contributed by atoms with Crippen LogP contribution < -0.4 is 22.6 Å². The summed E-state index contributed by atoms with van der Waals surface area (Å²) in [4.78, 5) is 11.4. The van der Waals surface area contributed by atoms with Crippen LogP contribution in [0.3, 0.4) is 0 Å². The monoisotopic (exact) mass is 354 g/mol. The number of quaternary nitrogens is 1. The van der Waals surface area contributed by atoms with Crippen molar-refractivity contribution in [1.29, 1.82) is 0 Å². The number of anilines is 1. The molecule has 128 valence electrons. The van der Waals surface area contributed by atoms with Crippen molar-refractivity contribution in [3.05, 3.63) is 71.6 Å². The molecule has 1 aliphatic heterocycles. The Kier molecular flexibility index (Phi) is 4.88. The molecule has 2 N–H and O–H groups in total. The number of nitrogens with two attached hydrogens (primary N) is 1. The summed E-state index contributed by atoms with van der Waals surface area (Å²) in [6, 6.07) is 14.2. The van der Waals surface area contributed by atoms with Gasteiger partial charge in [-0.05, 0) is 31.2 Å². The van der Waals surface area contributed by atoms with Gasteiger partial charge in [-0.3, -0.25) is 5.32 Å². The van der Waals surface area contributed by atoms with Gasteiger partial charge < -0.3 is 21.7 Å². The van der Waals surface area contributed by atoms with Crippen molar-refractivity contribution in [3.8, 4) is 0 Å². The third-order valence-corrected chi connectivity index (χ3v) is 4.10. The number of aromatic nitrogens is 2. The van der Waals surface area contributed by atoms with Crippen molar-refractivity contribution in [3.63, 3.8) is 0 Å². The molecule has 1 aliphatic rings. The van der Waals surface area contributed by atoms with Gasteiger partial charge in [-0.2, -0.15) is 0 Å². The first kappa shape index (κ1) is 17.2. The van der Waals surface area contributed by atoms with Gasteiger partial charge in [0.15, 0.2) is 5.82 Å². The van der Waals surface area contributed by atoms with E-state index in [-0.39, 0.29) is 12.4 Å². The second-order valence-electron chi connectivity index (χ2n) is 5.94. The zero-order chi connectivity index (χ0) is 16.5. The summed E-state index contributed by atoms with van der Waals surface area (Å²) >= 11 is 0. The number of nitrogens with zero attached hydrogens (tertiary/aromatic N) is 3. The molecule has 1 aromatic carbocycles. The van der Waals surface area contributed by atoms with Crippen molar-refractivity contribution in [2.75, 3.05) is 11.9 Å². The lowest BCUT2D eigenvalue weighted by atomic mass is 10.1. The van der Waals surface area contributed by atoms with Crippen LogP contribution in [0.4, 0.5) is 11.5 Å². The Bertz CT molecular complexity index is 891. The van der Waals surface area contributed by atoms with Crippen LogP contribution in [0, 0.1) is 6.92 Å². The molecule has 3 aromatic rings. The molecule has 4 rings (SSSR count). The highest BCUT2D eigenvalue weighted by Gasteiger charge is 2.27. The van der Waals surface area contributed by atoms with E-state index < -0.39 is 0 Å². The molecule has 25 heavy (non-hydrogen) atoms. The van der Waals surface area contributed by atoms with Crippen LogP contribution in [0.2, 0.25) is 0 Å². The lowest BCUT2D eigenvalue weighted by Gasteiger charge is -2.18. The Morgan fingerprint density at radius 1 is 1.08 bits per heavy atom. The predicted molar refractivity (Wildman–Crippen MR) is 93.5 cm³/mol. The van der Waals surface area contributed by atoms with Crippen molar-refractivity contribution >= 4 is 23.3 Å². The molecular formula is C19H19ClN4O. The number of aryl methyl sites for hydroxylation is 1. The fourth-order valence-electron chi connectivity index (χ4n) is 2.98. The molecular weight excluding hydrogens is 336 g/mol. The highest BCUT2D eigenvalue weighted by molar-refractivity contribution is 5.85. The molecule has 0 radical (unpaired) electrons. The Hall–Kier alpha value is -2.63. The largest absolute Gasteiger partial charge is 1.00 e. The lowest BCUT2D eigenvalue weighted by molar-refractivity contribution is -0.464. The smallest absolute Gasteiger partial charge is 0.203 e. The molecule has 0 aliphatic carbocycles. The van der Waals surface area contributed by atoms with Crippen molar-refractivity contribution in [1.82, 2.24) is 9.97 Å². The van der Waals surface area contributed by atoms with Crippen LogP contribution in [0.25, 0.3) is 11.8 Å². The van der Waals surface area contributed by atoms with Crippen LogP contribution >= 0.6 is 0 Å². The van der Waals surface area contributed by atoms with Crippen LogP contribution in [0.1, 0.15) is 22.8 Å². The minimum Gasteiger partial charge on any atom is -1.00 e. The van der Waals surface area contributed by atoms with Gasteiger partial charge in [0, 0.05) is 18.7 Å². The zero-order valence-electron chi connectivity index (χ0n) is 14.1. The van der Waals surface area contributed by atoms with Gasteiger partial charge in [0.2, 0.25) is 5.69 Å². The summed E-state index contributed by atoms with van der Waals surface area (Å²) in [5, 5.41) is 2.16. The molecule has 0 bridgehead atoms. The number of fused-ring (bicyclic) bond motifs is 1. The molecule has 2 aromatic heterocycles. The van der Waals surface area contributed by atoms with E-state index in [4.69, 9.17) is 4.42 Å². The summed E-state index contributed by atoms with van der Waals surface area (Å²) in [5.41, 5.74) is 4.39. The van der Waals surface area contributed by atoms with E-state index in [2.05, 4.69) is 38.4 Å². The lowest BCUT2D eigenvalue weighted by Crippen LogP contribution is -3.00. The topological polar surface area (TPSA) is 58.8 Å². The number of hydrogen-bond acceptors (Lipinski definition) is 4. The zero-order valence-corrected chi connectivity index (χ0v) is 14.9. The quantitative estimate of drug-likeness (QED) is 0.700. The number of benzene rings is 1. The SMILES string of the molecule is Cc1nc2c(c(N(C)Cc3ccco3)n1)[NH2+]C(c1ccccc1)=C2.[Cl-]. The Balaban J connectivity index is 0.00000182. The van der Waals surface area contributed by atoms with Gasteiger partial charge in [0.1, 0.15) is 23.0 Å². The minimum atomic E-state index is 0. The fourth-order valence-corrected chi connectivity index (χ4v) is 2.98. The Morgan fingerprint density at radius 2 is 1.88 bits per heavy atom. The Morgan fingerprint density at radius 3 is 2.60 bits per heavy atom. The summed E-state index contributed by atoms with van der Waals surface area (Å²) < 4.78 is 5.46. The van der Waals surface area contributed by atoms with E-state index in [0.29, 0.717) is 6.54 Å². The maximum absolute atomic E-state index is 5.46. The molecule has 5 nitrogen and oxygen atoms in total. The van der Waals surface area contributed by atoms with Gasteiger partial charge in [-0.15, -0.1) is 0 Å². The number of halogens is 1. The predicted octanol–water partition coefficient (Wildman–Crippen LogP) is -0.275. The van der Waals surface area contributed by atoms with Gasteiger partial charge in [0.05, 0.1) is 12.8 Å². The van der Waals surface area contributed by atoms with Gasteiger partial charge in [0.25, 0.3) is 0 Å². The Labute approximate surface area is 152 Å². The van der Waals surface area contributed by atoms with Crippen molar-refractivity contribution in [2.24, 2.45) is 0 Å². The summed E-state index contributed by atoms with van der Waals surface area (Å²) in [6.07, 6.45) is 3.82. The fraction of sp³-hybridized carbons (Fsp3) is 0.158. The minimum absolute atomic E-state index is 0. The molecule has 0 fully saturated rings. The third-order valence-electron chi connectivity index (χ3n) is 4.10. The van der Waals surface area contributed by atoms with Crippen LogP contribution in [-0.4, -0.2) is 17.0 Å². The van der Waals surface area contributed by atoms with Crippen molar-refractivity contribution in [2.45, 2.75) is 13.5 Å². The molecule has 0 saturated heterocycles. The summed E-state index contributed by atoms with van der Waals surface area (Å²) in [7, 11) is 2.03. The van der Waals surface area contributed by atoms with E-state index in [1.54, 1.807) is 6.26 Å². The summed E-state index contributed by atoms with van der Waals surface area (Å²) in [5.74, 6) is 2.61. The normalized spacial score (nSPS) is 12.3. The first-order chi connectivity index (χ1) is 11.7. The average Bonchev–Trinajstić information content (AvgIpc) is 3.24. The molecule has 0 saturated carbocycles. The van der Waals surface area contributed by atoms with Crippen LogP contribution in [-0.2, 0) is 6.54 Å². The van der Waals surface area contributed by atoms with Crippen LogP contribution in [0.15, 0.2) is 53.1 Å². The highest BCUT2D eigenvalue weighted by Crippen LogP contribution is 2.30. The standard InChI is InChI=1S/C19H18N4O.ClH/c1-13-20-17-11-16(14-7-4-3-5-8-14)22-18(17)19(21-13)23(2)12-15-9-6-10-24-15;/h3-11,22H,12H2,1-2H3;1H. The first-order valence-corrected chi connectivity index (χ1v) is 7.95. The molecule has 0 atom stereocenters. The van der Waals surface area contributed by atoms with Crippen molar-refractivity contribution < 1.29 is 22.1 Å². The van der Waals surface area contributed by atoms with Gasteiger partial charge in [-0.1, -0.05) is 18.2 Å². The molecule has 0 amide bonds. The second-order valence-corrected chi connectivity index (χ2v) is 5.94. The molecule has 6 heteroatoms. The average molecular weight is 355 g/mol. The summed E-state index contributed by atoms with van der Waals surface area (Å²) in [6.45, 7) is 2.60. The first-order valence-electron chi connectivity index (χ1n) is 7.95. The number of furan rings is 1. The molecule has 0 spiro atoms. The van der Waals surface area contributed by atoms with E-state index in [1.165, 1.54) is 5.56 Å². The number of rotatable bonds is 4. The van der Waals surface area contributed by atoms with E-state index in [1.807, 2.05) is 44.3 Å². The van der Waals surface area contributed by atoms with Gasteiger partial charge in [-0.25, -0.2) is 9.97 Å². The maximum Gasteiger partial charge on any atom is 0.203 e.